The molecule has 0 radical (unpaired) electrons. The standard InChI is InChI=1S/C15H27N3/c1-5-12(14-16-8-9-17-14)18-13-6-7-15(3,4)10-11(13)2/h8-9,11-13,18H,5-7,10H2,1-4H3,(H,16,17). The number of nitrogens with zero attached hydrogens (tertiary/aromatic N) is 1. The first-order valence-electron chi connectivity index (χ1n) is 7.27. The van der Waals surface area contributed by atoms with Crippen molar-refractivity contribution in [3.8, 4) is 0 Å². The molecule has 1 aliphatic rings. The molecule has 1 saturated carbocycles. The minimum atomic E-state index is 0.369. The van der Waals surface area contributed by atoms with Crippen LogP contribution in [-0.4, -0.2) is 16.0 Å². The largest absolute Gasteiger partial charge is 0.347 e. The first kappa shape index (κ1) is 13.6. The van der Waals surface area contributed by atoms with Crippen molar-refractivity contribution >= 4 is 0 Å². The monoisotopic (exact) mass is 249 g/mol. The maximum absolute atomic E-state index is 4.39. The Hall–Kier alpha value is -0.830. The molecular formula is C15H27N3. The quantitative estimate of drug-likeness (QED) is 0.855. The second-order valence-corrected chi connectivity index (χ2v) is 6.59. The van der Waals surface area contributed by atoms with Crippen LogP contribution in [0.2, 0.25) is 0 Å². The van der Waals surface area contributed by atoms with E-state index in [2.05, 4.69) is 43.0 Å². The van der Waals surface area contributed by atoms with Gasteiger partial charge in [0.1, 0.15) is 5.82 Å². The number of aromatic amines is 1. The lowest BCUT2D eigenvalue weighted by Gasteiger charge is -2.40. The average molecular weight is 249 g/mol. The molecule has 0 saturated heterocycles. The molecule has 1 fully saturated rings. The van der Waals surface area contributed by atoms with Crippen molar-refractivity contribution < 1.29 is 0 Å². The van der Waals surface area contributed by atoms with Crippen molar-refractivity contribution in [3.05, 3.63) is 18.2 Å². The van der Waals surface area contributed by atoms with E-state index in [-0.39, 0.29) is 0 Å². The number of aromatic nitrogens is 2. The highest BCUT2D eigenvalue weighted by atomic mass is 15.0. The molecule has 18 heavy (non-hydrogen) atoms. The van der Waals surface area contributed by atoms with E-state index in [0.717, 1.165) is 18.2 Å². The Labute approximate surface area is 111 Å². The van der Waals surface area contributed by atoms with E-state index < -0.39 is 0 Å². The smallest absolute Gasteiger partial charge is 0.123 e. The third kappa shape index (κ3) is 3.14. The number of rotatable bonds is 4. The van der Waals surface area contributed by atoms with Gasteiger partial charge in [-0.25, -0.2) is 4.98 Å². The Morgan fingerprint density at radius 1 is 1.56 bits per heavy atom. The summed E-state index contributed by atoms with van der Waals surface area (Å²) in [4.78, 5) is 7.62. The molecular weight excluding hydrogens is 222 g/mol. The summed E-state index contributed by atoms with van der Waals surface area (Å²) >= 11 is 0. The molecule has 0 amide bonds. The highest BCUT2D eigenvalue weighted by Crippen LogP contribution is 2.39. The molecule has 1 aliphatic carbocycles. The summed E-state index contributed by atoms with van der Waals surface area (Å²) < 4.78 is 0. The fourth-order valence-corrected chi connectivity index (χ4v) is 3.31. The molecule has 1 aromatic rings. The molecule has 2 N–H and O–H groups in total. The van der Waals surface area contributed by atoms with Crippen molar-refractivity contribution in [2.75, 3.05) is 0 Å². The van der Waals surface area contributed by atoms with Crippen LogP contribution in [0.1, 0.15) is 65.2 Å². The third-order valence-electron chi connectivity index (χ3n) is 4.37. The van der Waals surface area contributed by atoms with Gasteiger partial charge in [0.05, 0.1) is 6.04 Å². The fraction of sp³-hybridized carbons (Fsp3) is 0.800. The topological polar surface area (TPSA) is 40.7 Å². The number of nitrogens with one attached hydrogen (secondary N) is 2. The molecule has 3 unspecified atom stereocenters. The van der Waals surface area contributed by atoms with Crippen molar-refractivity contribution in [1.82, 2.24) is 15.3 Å². The summed E-state index contributed by atoms with van der Waals surface area (Å²) in [6.45, 7) is 9.39. The van der Waals surface area contributed by atoms with Gasteiger partial charge in [-0.3, -0.25) is 0 Å². The van der Waals surface area contributed by atoms with Crippen LogP contribution in [0.25, 0.3) is 0 Å². The lowest BCUT2D eigenvalue weighted by Crippen LogP contribution is -2.43. The van der Waals surface area contributed by atoms with Crippen LogP contribution in [0.15, 0.2) is 12.4 Å². The molecule has 1 aromatic heterocycles. The summed E-state index contributed by atoms with van der Waals surface area (Å²) in [5.74, 6) is 1.83. The van der Waals surface area contributed by atoms with Crippen molar-refractivity contribution in [3.63, 3.8) is 0 Å². The Bertz CT molecular complexity index is 356. The van der Waals surface area contributed by atoms with Gasteiger partial charge in [-0.1, -0.05) is 27.7 Å². The van der Waals surface area contributed by atoms with Crippen molar-refractivity contribution in [2.45, 2.75) is 65.5 Å². The second kappa shape index (κ2) is 5.43. The number of hydrogen-bond donors (Lipinski definition) is 2. The van der Waals surface area contributed by atoms with Gasteiger partial charge >= 0.3 is 0 Å². The van der Waals surface area contributed by atoms with Crippen molar-refractivity contribution in [1.29, 1.82) is 0 Å². The van der Waals surface area contributed by atoms with Crippen LogP contribution >= 0.6 is 0 Å². The lowest BCUT2D eigenvalue weighted by molar-refractivity contribution is 0.140. The minimum absolute atomic E-state index is 0.369. The van der Waals surface area contributed by atoms with Crippen LogP contribution in [-0.2, 0) is 0 Å². The summed E-state index contributed by atoms with van der Waals surface area (Å²) in [5.41, 5.74) is 0.518. The van der Waals surface area contributed by atoms with Crippen LogP contribution in [0, 0.1) is 11.3 Å². The Morgan fingerprint density at radius 3 is 2.89 bits per heavy atom. The van der Waals surface area contributed by atoms with Crippen LogP contribution in [0.3, 0.4) is 0 Å². The predicted octanol–water partition coefficient (Wildman–Crippen LogP) is 3.67. The zero-order chi connectivity index (χ0) is 13.2. The molecule has 0 aromatic carbocycles. The van der Waals surface area contributed by atoms with E-state index in [9.17, 15) is 0 Å². The highest BCUT2D eigenvalue weighted by molar-refractivity contribution is 4.98. The number of hydrogen-bond acceptors (Lipinski definition) is 2. The Morgan fingerprint density at radius 2 is 2.33 bits per heavy atom. The van der Waals surface area contributed by atoms with Crippen LogP contribution in [0.4, 0.5) is 0 Å². The SMILES string of the molecule is CCC(NC1CCC(C)(C)CC1C)c1ncc[nH]1. The zero-order valence-corrected chi connectivity index (χ0v) is 12.2. The average Bonchev–Trinajstić information content (AvgIpc) is 2.81. The van der Waals surface area contributed by atoms with E-state index in [1.807, 2.05) is 12.4 Å². The van der Waals surface area contributed by atoms with E-state index in [1.165, 1.54) is 19.3 Å². The summed E-state index contributed by atoms with van der Waals surface area (Å²) in [6.07, 6.45) is 8.76. The van der Waals surface area contributed by atoms with Gasteiger partial charge in [0.15, 0.2) is 0 Å². The Balaban J connectivity index is 1.96. The van der Waals surface area contributed by atoms with E-state index in [1.54, 1.807) is 0 Å². The van der Waals surface area contributed by atoms with Gasteiger partial charge in [-0.15, -0.1) is 0 Å². The molecule has 0 spiro atoms. The molecule has 3 nitrogen and oxygen atoms in total. The maximum atomic E-state index is 4.39. The molecule has 0 bridgehead atoms. The summed E-state index contributed by atoms with van der Waals surface area (Å²) in [7, 11) is 0. The lowest BCUT2D eigenvalue weighted by atomic mass is 9.70. The first-order chi connectivity index (χ1) is 8.52. The minimum Gasteiger partial charge on any atom is -0.347 e. The highest BCUT2D eigenvalue weighted by Gasteiger charge is 2.33. The fourth-order valence-electron chi connectivity index (χ4n) is 3.31. The second-order valence-electron chi connectivity index (χ2n) is 6.59. The van der Waals surface area contributed by atoms with Gasteiger partial charge in [-0.05, 0) is 37.0 Å². The summed E-state index contributed by atoms with van der Waals surface area (Å²) in [6, 6.07) is 1.00. The molecule has 1 heterocycles. The van der Waals surface area contributed by atoms with Gasteiger partial charge < -0.3 is 10.3 Å². The Kier molecular flexibility index (Phi) is 4.10. The molecule has 3 atom stereocenters. The van der Waals surface area contributed by atoms with Crippen LogP contribution in [0.5, 0.6) is 0 Å². The molecule has 2 rings (SSSR count). The van der Waals surface area contributed by atoms with E-state index in [4.69, 9.17) is 0 Å². The number of H-pyrrole nitrogens is 1. The number of imidazole rings is 1. The zero-order valence-electron chi connectivity index (χ0n) is 12.2. The van der Waals surface area contributed by atoms with Crippen LogP contribution < -0.4 is 5.32 Å². The predicted molar refractivity (Wildman–Crippen MR) is 75.3 cm³/mol. The van der Waals surface area contributed by atoms with Gasteiger partial charge in [0.2, 0.25) is 0 Å². The molecule has 3 heteroatoms. The van der Waals surface area contributed by atoms with Gasteiger partial charge in [0, 0.05) is 18.4 Å². The van der Waals surface area contributed by atoms with E-state index in [0.29, 0.717) is 17.5 Å². The molecule has 102 valence electrons. The normalized spacial score (nSPS) is 29.1. The van der Waals surface area contributed by atoms with Gasteiger partial charge in [-0.2, -0.15) is 0 Å². The van der Waals surface area contributed by atoms with E-state index >= 15 is 0 Å². The van der Waals surface area contributed by atoms with Gasteiger partial charge in [0.25, 0.3) is 0 Å². The molecule has 0 aliphatic heterocycles. The maximum Gasteiger partial charge on any atom is 0.123 e. The summed E-state index contributed by atoms with van der Waals surface area (Å²) in [5, 5.41) is 3.80. The first-order valence-corrected chi connectivity index (χ1v) is 7.27. The third-order valence-corrected chi connectivity index (χ3v) is 4.37. The van der Waals surface area contributed by atoms with Crippen molar-refractivity contribution in [2.24, 2.45) is 11.3 Å².